The van der Waals surface area contributed by atoms with Crippen molar-refractivity contribution in [1.82, 2.24) is 5.32 Å². The van der Waals surface area contributed by atoms with Crippen molar-refractivity contribution in [3.63, 3.8) is 0 Å². The predicted molar refractivity (Wildman–Crippen MR) is 73.1 cm³/mol. The molecule has 0 aliphatic heterocycles. The van der Waals surface area contributed by atoms with Crippen LogP contribution in [-0.4, -0.2) is 28.2 Å². The minimum Gasteiger partial charge on any atom is -0.481 e. The van der Waals surface area contributed by atoms with E-state index >= 15 is 0 Å². The number of fused-ring (bicyclic) bond motifs is 1. The molecule has 0 heterocycles. The molecule has 1 aliphatic carbocycles. The molecule has 108 valence electrons. The highest BCUT2D eigenvalue weighted by atomic mass is 16.4. The lowest BCUT2D eigenvalue weighted by molar-refractivity contribution is -0.138. The standard InChI is InChI=1S/C15H19NO4/c1-9(7-14(19)20)6-13(18)16-15-11-5-3-2-4-10(11)8-12(15)17/h2-5,9,12,15,17H,6-8H2,1H3,(H,16,18)(H,19,20)/t9?,12-,15+/m0/s1. The Morgan fingerprint density at radius 3 is 2.75 bits per heavy atom. The number of carbonyl (C=O) groups excluding carboxylic acids is 1. The normalized spacial score (nSPS) is 22.1. The van der Waals surface area contributed by atoms with Crippen LogP contribution in [0.2, 0.25) is 0 Å². The molecule has 5 heteroatoms. The maximum atomic E-state index is 11.9. The van der Waals surface area contributed by atoms with Gasteiger partial charge in [-0.1, -0.05) is 31.2 Å². The van der Waals surface area contributed by atoms with Crippen molar-refractivity contribution < 1.29 is 19.8 Å². The molecule has 3 atom stereocenters. The Bertz CT molecular complexity index is 514. The number of hydrogen-bond donors (Lipinski definition) is 3. The molecule has 0 spiro atoms. The van der Waals surface area contributed by atoms with Crippen molar-refractivity contribution in [2.24, 2.45) is 5.92 Å². The second-order valence-corrected chi connectivity index (χ2v) is 5.42. The lowest BCUT2D eigenvalue weighted by Crippen LogP contribution is -2.34. The first-order valence-electron chi connectivity index (χ1n) is 6.74. The van der Waals surface area contributed by atoms with Crippen molar-refractivity contribution in [3.8, 4) is 0 Å². The lowest BCUT2D eigenvalue weighted by atomic mass is 10.0. The van der Waals surface area contributed by atoms with Crippen LogP contribution in [0.4, 0.5) is 0 Å². The zero-order chi connectivity index (χ0) is 14.7. The number of hydrogen-bond acceptors (Lipinski definition) is 3. The first-order valence-corrected chi connectivity index (χ1v) is 6.74. The monoisotopic (exact) mass is 277 g/mol. The molecule has 5 nitrogen and oxygen atoms in total. The van der Waals surface area contributed by atoms with E-state index in [0.717, 1.165) is 11.1 Å². The first kappa shape index (κ1) is 14.5. The van der Waals surface area contributed by atoms with E-state index in [1.807, 2.05) is 24.3 Å². The zero-order valence-electron chi connectivity index (χ0n) is 11.4. The number of aliphatic hydroxyl groups excluding tert-OH is 1. The molecule has 0 saturated heterocycles. The number of carbonyl (C=O) groups is 2. The third-order valence-electron chi connectivity index (χ3n) is 3.58. The van der Waals surface area contributed by atoms with Gasteiger partial charge in [-0.05, 0) is 17.0 Å². The summed E-state index contributed by atoms with van der Waals surface area (Å²) >= 11 is 0. The summed E-state index contributed by atoms with van der Waals surface area (Å²) in [6.45, 7) is 1.73. The van der Waals surface area contributed by atoms with Crippen LogP contribution in [0.5, 0.6) is 0 Å². The molecule has 0 radical (unpaired) electrons. The molecule has 1 amide bonds. The summed E-state index contributed by atoms with van der Waals surface area (Å²) in [6.07, 6.45) is 0.0342. The van der Waals surface area contributed by atoms with Gasteiger partial charge in [0, 0.05) is 19.3 Å². The minimum absolute atomic E-state index is 0.0305. The topological polar surface area (TPSA) is 86.6 Å². The van der Waals surface area contributed by atoms with E-state index in [9.17, 15) is 14.7 Å². The SMILES string of the molecule is CC(CC(=O)O)CC(=O)N[C@@H]1c2ccccc2C[C@@H]1O. The fourth-order valence-corrected chi connectivity index (χ4v) is 2.67. The molecular formula is C15H19NO4. The van der Waals surface area contributed by atoms with Gasteiger partial charge in [-0.15, -0.1) is 0 Å². The minimum atomic E-state index is -0.906. The number of aliphatic hydroxyl groups is 1. The van der Waals surface area contributed by atoms with E-state index in [1.54, 1.807) is 6.92 Å². The average molecular weight is 277 g/mol. The number of aliphatic carboxylic acids is 1. The predicted octanol–water partition coefficient (Wildman–Crippen LogP) is 1.26. The molecule has 1 aromatic carbocycles. The number of carboxylic acids is 1. The van der Waals surface area contributed by atoms with Crippen LogP contribution >= 0.6 is 0 Å². The second kappa shape index (κ2) is 6.05. The highest BCUT2D eigenvalue weighted by molar-refractivity contribution is 5.78. The van der Waals surface area contributed by atoms with Gasteiger partial charge in [0.25, 0.3) is 0 Å². The van der Waals surface area contributed by atoms with Crippen molar-refractivity contribution in [3.05, 3.63) is 35.4 Å². The molecular weight excluding hydrogens is 258 g/mol. The van der Waals surface area contributed by atoms with Crippen LogP contribution < -0.4 is 5.32 Å². The molecule has 0 fully saturated rings. The maximum Gasteiger partial charge on any atom is 0.303 e. The van der Waals surface area contributed by atoms with Gasteiger partial charge in [-0.25, -0.2) is 0 Å². The molecule has 3 N–H and O–H groups in total. The van der Waals surface area contributed by atoms with Crippen LogP contribution in [0.15, 0.2) is 24.3 Å². The van der Waals surface area contributed by atoms with Crippen LogP contribution in [0.1, 0.15) is 36.9 Å². The molecule has 1 aromatic rings. The van der Waals surface area contributed by atoms with Crippen LogP contribution in [-0.2, 0) is 16.0 Å². The smallest absolute Gasteiger partial charge is 0.303 e. The quantitative estimate of drug-likeness (QED) is 0.756. The summed E-state index contributed by atoms with van der Waals surface area (Å²) in [5, 5.41) is 21.5. The van der Waals surface area contributed by atoms with E-state index in [1.165, 1.54) is 0 Å². The number of amides is 1. The maximum absolute atomic E-state index is 11.9. The molecule has 0 saturated carbocycles. The Labute approximate surface area is 117 Å². The van der Waals surface area contributed by atoms with Gasteiger partial charge in [0.1, 0.15) is 0 Å². The van der Waals surface area contributed by atoms with E-state index in [-0.39, 0.29) is 24.7 Å². The van der Waals surface area contributed by atoms with Crippen LogP contribution in [0, 0.1) is 5.92 Å². The highest BCUT2D eigenvalue weighted by Gasteiger charge is 2.31. The second-order valence-electron chi connectivity index (χ2n) is 5.42. The average Bonchev–Trinajstić information content (AvgIpc) is 2.65. The van der Waals surface area contributed by atoms with Crippen molar-refractivity contribution in [1.29, 1.82) is 0 Å². The van der Waals surface area contributed by atoms with Gasteiger partial charge < -0.3 is 15.5 Å². The Morgan fingerprint density at radius 2 is 2.05 bits per heavy atom. The fraction of sp³-hybridized carbons (Fsp3) is 0.467. The summed E-state index contributed by atoms with van der Waals surface area (Å²) in [7, 11) is 0. The zero-order valence-corrected chi connectivity index (χ0v) is 11.4. The van der Waals surface area contributed by atoms with Crippen LogP contribution in [0.3, 0.4) is 0 Å². The van der Waals surface area contributed by atoms with Crippen molar-refractivity contribution >= 4 is 11.9 Å². The molecule has 0 bridgehead atoms. The Hall–Kier alpha value is -1.88. The van der Waals surface area contributed by atoms with E-state index in [2.05, 4.69) is 5.32 Å². The summed E-state index contributed by atoms with van der Waals surface area (Å²) in [4.78, 5) is 22.5. The van der Waals surface area contributed by atoms with Gasteiger partial charge in [0.2, 0.25) is 5.91 Å². The molecule has 2 rings (SSSR count). The van der Waals surface area contributed by atoms with Gasteiger partial charge in [-0.2, -0.15) is 0 Å². The van der Waals surface area contributed by atoms with Crippen molar-refractivity contribution in [2.45, 2.75) is 38.3 Å². The largest absolute Gasteiger partial charge is 0.481 e. The third kappa shape index (κ3) is 3.36. The molecule has 1 aliphatic rings. The summed E-state index contributed by atoms with van der Waals surface area (Å²) in [5.41, 5.74) is 1.99. The molecule has 1 unspecified atom stereocenters. The Morgan fingerprint density at radius 1 is 1.35 bits per heavy atom. The van der Waals surface area contributed by atoms with Crippen molar-refractivity contribution in [2.75, 3.05) is 0 Å². The van der Waals surface area contributed by atoms with Crippen LogP contribution in [0.25, 0.3) is 0 Å². The first-order chi connectivity index (χ1) is 9.47. The lowest BCUT2D eigenvalue weighted by Gasteiger charge is -2.19. The summed E-state index contributed by atoms with van der Waals surface area (Å²) in [5.74, 6) is -1.35. The van der Waals surface area contributed by atoms with Gasteiger partial charge in [-0.3, -0.25) is 9.59 Å². The van der Waals surface area contributed by atoms with Gasteiger partial charge in [0.05, 0.1) is 12.1 Å². The number of rotatable bonds is 5. The summed E-state index contributed by atoms with van der Waals surface area (Å²) in [6, 6.07) is 7.23. The fourth-order valence-electron chi connectivity index (χ4n) is 2.67. The molecule has 0 aromatic heterocycles. The Balaban J connectivity index is 1.96. The van der Waals surface area contributed by atoms with Gasteiger partial charge >= 0.3 is 5.97 Å². The number of carboxylic acid groups (broad SMARTS) is 1. The Kier molecular flexibility index (Phi) is 4.39. The van der Waals surface area contributed by atoms with Gasteiger partial charge in [0.15, 0.2) is 0 Å². The van der Waals surface area contributed by atoms with E-state index < -0.39 is 18.1 Å². The number of nitrogens with one attached hydrogen (secondary N) is 1. The highest BCUT2D eigenvalue weighted by Crippen LogP contribution is 2.31. The van der Waals surface area contributed by atoms with E-state index in [0.29, 0.717) is 6.42 Å². The summed E-state index contributed by atoms with van der Waals surface area (Å²) < 4.78 is 0. The van der Waals surface area contributed by atoms with E-state index in [4.69, 9.17) is 5.11 Å². The molecule has 20 heavy (non-hydrogen) atoms. The number of benzene rings is 1. The third-order valence-corrected chi connectivity index (χ3v) is 3.58.